The molecule has 5 heteroatoms. The molecule has 0 radical (unpaired) electrons. The molecule has 2 N–H and O–H groups in total. The van der Waals surface area contributed by atoms with Crippen molar-refractivity contribution in [3.05, 3.63) is 35.4 Å². The number of hydrogen-bond acceptors (Lipinski definition) is 5. The quantitative estimate of drug-likeness (QED) is 0.622. The largest absolute Gasteiger partial charge is 0.393 e. The van der Waals surface area contributed by atoms with Crippen molar-refractivity contribution in [1.29, 1.82) is 0 Å². The summed E-state index contributed by atoms with van der Waals surface area (Å²) in [4.78, 5) is 14.6. The highest BCUT2D eigenvalue weighted by molar-refractivity contribution is 5.26. The van der Waals surface area contributed by atoms with Crippen LogP contribution in [0.3, 0.4) is 0 Å². The molecule has 1 fully saturated rings. The molecule has 0 unspecified atom stereocenters. The van der Waals surface area contributed by atoms with E-state index in [1.54, 1.807) is 19.1 Å². The van der Waals surface area contributed by atoms with Gasteiger partial charge < -0.3 is 5.11 Å². The minimum Gasteiger partial charge on any atom is -0.393 e. The van der Waals surface area contributed by atoms with Crippen LogP contribution in [-0.2, 0) is 20.4 Å². The summed E-state index contributed by atoms with van der Waals surface area (Å²) in [7, 11) is 0. The zero-order valence-corrected chi connectivity index (χ0v) is 9.84. The van der Waals surface area contributed by atoms with Crippen LogP contribution in [0.4, 0.5) is 0 Å². The normalized spacial score (nSPS) is 32.9. The second-order valence-corrected chi connectivity index (χ2v) is 4.66. The molecule has 0 spiro atoms. The van der Waals surface area contributed by atoms with Crippen LogP contribution in [0.2, 0.25) is 0 Å². The molecule has 2 atom stereocenters. The standard InChI is InChI=1S/C12H16O5/c1-9-3-5-10(6-4-9)12(15-14)7-11(2,8-13)16-17-12/h3-6,13-14H,7-8H2,1-2H3/t11-,12+/m1/s1. The van der Waals surface area contributed by atoms with Gasteiger partial charge in [-0.15, -0.1) is 0 Å². The fourth-order valence-electron chi connectivity index (χ4n) is 1.86. The van der Waals surface area contributed by atoms with Crippen molar-refractivity contribution >= 4 is 0 Å². The van der Waals surface area contributed by atoms with Gasteiger partial charge in [0.15, 0.2) is 0 Å². The Labute approximate surface area is 99.4 Å². The molecule has 0 amide bonds. The van der Waals surface area contributed by atoms with Crippen molar-refractivity contribution in [3.63, 3.8) is 0 Å². The molecular formula is C12H16O5. The maximum absolute atomic E-state index is 9.20. The summed E-state index contributed by atoms with van der Waals surface area (Å²) in [6.07, 6.45) is 0.204. The van der Waals surface area contributed by atoms with Crippen LogP contribution in [-0.4, -0.2) is 22.6 Å². The monoisotopic (exact) mass is 240 g/mol. The van der Waals surface area contributed by atoms with Gasteiger partial charge in [0.1, 0.15) is 5.60 Å². The molecule has 0 saturated carbocycles. The van der Waals surface area contributed by atoms with Gasteiger partial charge in [-0.3, -0.25) is 0 Å². The first-order chi connectivity index (χ1) is 8.03. The maximum Gasteiger partial charge on any atom is 0.261 e. The molecule has 17 heavy (non-hydrogen) atoms. The van der Waals surface area contributed by atoms with Gasteiger partial charge >= 0.3 is 0 Å². The molecule has 94 valence electrons. The van der Waals surface area contributed by atoms with E-state index in [2.05, 4.69) is 4.89 Å². The predicted molar refractivity (Wildman–Crippen MR) is 58.8 cm³/mol. The fraction of sp³-hybridized carbons (Fsp3) is 0.500. The first-order valence-corrected chi connectivity index (χ1v) is 5.41. The number of aliphatic hydroxyl groups excluding tert-OH is 1. The number of benzene rings is 1. The third-order valence-electron chi connectivity index (χ3n) is 2.96. The Balaban J connectivity index is 2.30. The highest BCUT2D eigenvalue weighted by atomic mass is 17.3. The minimum absolute atomic E-state index is 0.204. The SMILES string of the molecule is Cc1ccc([C@]2(OO)C[C@](C)(CO)OO2)cc1. The average molecular weight is 240 g/mol. The van der Waals surface area contributed by atoms with E-state index >= 15 is 0 Å². The molecule has 1 saturated heterocycles. The minimum atomic E-state index is -1.37. The van der Waals surface area contributed by atoms with Gasteiger partial charge in [0.2, 0.25) is 0 Å². The lowest BCUT2D eigenvalue weighted by molar-refractivity contribution is -0.480. The Hall–Kier alpha value is -0.980. The Morgan fingerprint density at radius 1 is 1.29 bits per heavy atom. The van der Waals surface area contributed by atoms with Gasteiger partial charge in [-0.25, -0.2) is 10.1 Å². The predicted octanol–water partition coefficient (Wildman–Crippen LogP) is 1.74. The van der Waals surface area contributed by atoms with Gasteiger partial charge in [0, 0.05) is 12.0 Å². The lowest BCUT2D eigenvalue weighted by Gasteiger charge is -2.23. The van der Waals surface area contributed by atoms with Crippen LogP contribution >= 0.6 is 0 Å². The van der Waals surface area contributed by atoms with Crippen LogP contribution < -0.4 is 0 Å². The van der Waals surface area contributed by atoms with E-state index in [1.807, 2.05) is 19.1 Å². The molecule has 5 nitrogen and oxygen atoms in total. The Morgan fingerprint density at radius 2 is 1.94 bits per heavy atom. The van der Waals surface area contributed by atoms with Crippen LogP contribution in [0.15, 0.2) is 24.3 Å². The number of aryl methyl sites for hydroxylation is 1. The van der Waals surface area contributed by atoms with Gasteiger partial charge in [0.05, 0.1) is 6.61 Å². The topological polar surface area (TPSA) is 68.2 Å². The molecule has 1 aromatic rings. The smallest absolute Gasteiger partial charge is 0.261 e. The molecule has 1 aliphatic rings. The van der Waals surface area contributed by atoms with E-state index in [0.717, 1.165) is 5.56 Å². The molecule has 1 heterocycles. The van der Waals surface area contributed by atoms with Crippen LogP contribution in [0.25, 0.3) is 0 Å². The van der Waals surface area contributed by atoms with E-state index in [1.165, 1.54) is 0 Å². The Bertz CT molecular complexity index is 390. The van der Waals surface area contributed by atoms with Gasteiger partial charge in [0.25, 0.3) is 5.79 Å². The Morgan fingerprint density at radius 3 is 2.41 bits per heavy atom. The second-order valence-electron chi connectivity index (χ2n) is 4.66. The molecule has 1 aliphatic heterocycles. The lowest BCUT2D eigenvalue weighted by atomic mass is 9.92. The van der Waals surface area contributed by atoms with Crippen LogP contribution in [0.5, 0.6) is 0 Å². The van der Waals surface area contributed by atoms with Crippen molar-refractivity contribution in [1.82, 2.24) is 0 Å². The van der Waals surface area contributed by atoms with E-state index in [4.69, 9.17) is 15.0 Å². The van der Waals surface area contributed by atoms with Gasteiger partial charge in [-0.2, -0.15) is 9.78 Å². The van der Waals surface area contributed by atoms with Crippen molar-refractivity contribution in [2.45, 2.75) is 31.7 Å². The number of aliphatic hydroxyl groups is 1. The third kappa shape index (κ3) is 2.20. The van der Waals surface area contributed by atoms with Crippen molar-refractivity contribution in [2.24, 2.45) is 0 Å². The highest BCUT2D eigenvalue weighted by Gasteiger charge is 2.52. The van der Waals surface area contributed by atoms with E-state index in [0.29, 0.717) is 5.56 Å². The first kappa shape index (κ1) is 12.5. The summed E-state index contributed by atoms with van der Waals surface area (Å²) >= 11 is 0. The summed E-state index contributed by atoms with van der Waals surface area (Å²) < 4.78 is 0. The zero-order valence-electron chi connectivity index (χ0n) is 9.84. The summed E-state index contributed by atoms with van der Waals surface area (Å²) in [5.74, 6) is -1.37. The van der Waals surface area contributed by atoms with Crippen molar-refractivity contribution < 1.29 is 25.0 Å². The third-order valence-corrected chi connectivity index (χ3v) is 2.96. The van der Waals surface area contributed by atoms with Gasteiger partial charge in [-0.1, -0.05) is 29.8 Å². The molecule has 2 rings (SSSR count). The van der Waals surface area contributed by atoms with E-state index < -0.39 is 11.4 Å². The van der Waals surface area contributed by atoms with E-state index in [9.17, 15) is 5.11 Å². The summed E-state index contributed by atoms with van der Waals surface area (Å²) in [5.41, 5.74) is 0.849. The average Bonchev–Trinajstić information content (AvgIpc) is 2.70. The van der Waals surface area contributed by atoms with Crippen LogP contribution in [0, 0.1) is 6.92 Å². The maximum atomic E-state index is 9.20. The lowest BCUT2D eigenvalue weighted by Crippen LogP contribution is -2.33. The molecule has 0 bridgehead atoms. The first-order valence-electron chi connectivity index (χ1n) is 5.41. The highest BCUT2D eigenvalue weighted by Crippen LogP contribution is 2.43. The summed E-state index contributed by atoms with van der Waals surface area (Å²) in [6, 6.07) is 7.35. The summed E-state index contributed by atoms with van der Waals surface area (Å²) in [5, 5.41) is 18.3. The Kier molecular flexibility index (Phi) is 3.20. The molecule has 0 aliphatic carbocycles. The zero-order chi connectivity index (χ0) is 12.5. The molecule has 0 aromatic heterocycles. The number of rotatable bonds is 3. The number of hydrogen-bond donors (Lipinski definition) is 2. The van der Waals surface area contributed by atoms with Crippen molar-refractivity contribution in [2.75, 3.05) is 6.61 Å². The van der Waals surface area contributed by atoms with Crippen molar-refractivity contribution in [3.8, 4) is 0 Å². The second kappa shape index (κ2) is 4.36. The van der Waals surface area contributed by atoms with Crippen LogP contribution in [0.1, 0.15) is 24.5 Å². The fourth-order valence-corrected chi connectivity index (χ4v) is 1.86. The summed E-state index contributed by atoms with van der Waals surface area (Å²) in [6.45, 7) is 3.42. The molecule has 1 aromatic carbocycles. The van der Waals surface area contributed by atoms with Gasteiger partial charge in [-0.05, 0) is 13.8 Å². The molecular weight excluding hydrogens is 224 g/mol. The van der Waals surface area contributed by atoms with E-state index in [-0.39, 0.29) is 13.0 Å².